The van der Waals surface area contributed by atoms with Crippen LogP contribution in [0.25, 0.3) is 0 Å². The highest BCUT2D eigenvalue weighted by molar-refractivity contribution is 5.25. The molecule has 1 rings (SSSR count). The molecule has 3 heteroatoms. The van der Waals surface area contributed by atoms with Crippen molar-refractivity contribution in [3.8, 4) is 6.07 Å². The van der Waals surface area contributed by atoms with Gasteiger partial charge in [-0.1, -0.05) is 13.8 Å². The standard InChI is InChI=1S/C11H15N3/c1-8(2)10-13-5-9(6-14-10)11(3,4)7-12/h5-6,8H,1-4H3. The van der Waals surface area contributed by atoms with E-state index in [1.807, 2.05) is 27.7 Å². The van der Waals surface area contributed by atoms with Crippen molar-refractivity contribution in [2.24, 2.45) is 0 Å². The van der Waals surface area contributed by atoms with Gasteiger partial charge in [-0.2, -0.15) is 5.26 Å². The zero-order chi connectivity index (χ0) is 10.8. The maximum Gasteiger partial charge on any atom is 0.130 e. The molecule has 0 saturated heterocycles. The van der Waals surface area contributed by atoms with E-state index in [1.54, 1.807) is 12.4 Å². The fourth-order valence-electron chi connectivity index (χ4n) is 1.02. The molecule has 0 aliphatic carbocycles. The normalized spacial score (nSPS) is 11.4. The molecule has 0 amide bonds. The van der Waals surface area contributed by atoms with Crippen LogP contribution in [-0.2, 0) is 5.41 Å². The quantitative estimate of drug-likeness (QED) is 0.717. The summed E-state index contributed by atoms with van der Waals surface area (Å²) >= 11 is 0. The van der Waals surface area contributed by atoms with Gasteiger partial charge in [0.05, 0.1) is 11.5 Å². The molecular formula is C11H15N3. The van der Waals surface area contributed by atoms with Crippen molar-refractivity contribution in [1.82, 2.24) is 9.97 Å². The lowest BCUT2D eigenvalue weighted by Gasteiger charge is -2.15. The van der Waals surface area contributed by atoms with Crippen LogP contribution in [0.1, 0.15) is 45.0 Å². The van der Waals surface area contributed by atoms with Crippen molar-refractivity contribution < 1.29 is 0 Å². The summed E-state index contributed by atoms with van der Waals surface area (Å²) < 4.78 is 0. The Morgan fingerprint density at radius 1 is 1.29 bits per heavy atom. The summed E-state index contributed by atoms with van der Waals surface area (Å²) in [5, 5.41) is 8.92. The SMILES string of the molecule is CC(C)c1ncc(C(C)(C)C#N)cn1. The van der Waals surface area contributed by atoms with Gasteiger partial charge in [0.1, 0.15) is 5.82 Å². The first-order valence-corrected chi connectivity index (χ1v) is 4.71. The van der Waals surface area contributed by atoms with Gasteiger partial charge in [0.15, 0.2) is 0 Å². The fraction of sp³-hybridized carbons (Fsp3) is 0.545. The van der Waals surface area contributed by atoms with Crippen LogP contribution in [0, 0.1) is 11.3 Å². The second-order valence-corrected chi connectivity index (χ2v) is 4.22. The first kappa shape index (κ1) is 10.6. The van der Waals surface area contributed by atoms with Gasteiger partial charge in [-0.3, -0.25) is 0 Å². The molecule has 0 radical (unpaired) electrons. The van der Waals surface area contributed by atoms with E-state index < -0.39 is 5.41 Å². The van der Waals surface area contributed by atoms with E-state index in [0.29, 0.717) is 5.92 Å². The minimum Gasteiger partial charge on any atom is -0.241 e. The van der Waals surface area contributed by atoms with Gasteiger partial charge in [-0.25, -0.2) is 9.97 Å². The number of hydrogen-bond donors (Lipinski definition) is 0. The first-order valence-electron chi connectivity index (χ1n) is 4.71. The molecule has 0 aliphatic heterocycles. The van der Waals surface area contributed by atoms with Gasteiger partial charge in [0, 0.05) is 23.9 Å². The number of nitrogens with zero attached hydrogens (tertiary/aromatic N) is 3. The summed E-state index contributed by atoms with van der Waals surface area (Å²) in [6.45, 7) is 7.82. The number of aromatic nitrogens is 2. The van der Waals surface area contributed by atoms with E-state index in [9.17, 15) is 0 Å². The second kappa shape index (κ2) is 3.75. The predicted molar refractivity (Wildman–Crippen MR) is 54.8 cm³/mol. The van der Waals surface area contributed by atoms with Gasteiger partial charge < -0.3 is 0 Å². The maximum absolute atomic E-state index is 8.92. The van der Waals surface area contributed by atoms with Gasteiger partial charge >= 0.3 is 0 Å². The van der Waals surface area contributed by atoms with Gasteiger partial charge in [0.25, 0.3) is 0 Å². The Balaban J connectivity index is 3.01. The minimum absolute atomic E-state index is 0.328. The fourth-order valence-corrected chi connectivity index (χ4v) is 1.02. The molecule has 1 aromatic heterocycles. The third-order valence-corrected chi connectivity index (χ3v) is 2.19. The molecule has 1 aromatic rings. The molecule has 0 bridgehead atoms. The molecule has 74 valence electrons. The molecule has 0 aliphatic rings. The Bertz CT molecular complexity index is 344. The molecule has 0 aromatic carbocycles. The molecule has 0 saturated carbocycles. The van der Waals surface area contributed by atoms with Crippen molar-refractivity contribution in [2.75, 3.05) is 0 Å². The van der Waals surface area contributed by atoms with E-state index in [-0.39, 0.29) is 0 Å². The smallest absolute Gasteiger partial charge is 0.130 e. The van der Waals surface area contributed by atoms with Crippen LogP contribution in [-0.4, -0.2) is 9.97 Å². The van der Waals surface area contributed by atoms with E-state index in [0.717, 1.165) is 11.4 Å². The summed E-state index contributed by atoms with van der Waals surface area (Å²) in [7, 11) is 0. The van der Waals surface area contributed by atoms with Crippen LogP contribution in [0.5, 0.6) is 0 Å². The third-order valence-electron chi connectivity index (χ3n) is 2.19. The summed E-state index contributed by atoms with van der Waals surface area (Å²) in [5.74, 6) is 1.15. The van der Waals surface area contributed by atoms with Crippen LogP contribution < -0.4 is 0 Å². The molecule has 0 atom stereocenters. The Morgan fingerprint density at radius 3 is 2.14 bits per heavy atom. The number of nitriles is 1. The molecule has 0 spiro atoms. The highest BCUT2D eigenvalue weighted by atomic mass is 14.9. The van der Waals surface area contributed by atoms with E-state index in [1.165, 1.54) is 0 Å². The van der Waals surface area contributed by atoms with Crippen molar-refractivity contribution >= 4 is 0 Å². The molecule has 1 heterocycles. The lowest BCUT2D eigenvalue weighted by molar-refractivity contribution is 0.666. The topological polar surface area (TPSA) is 49.6 Å². The predicted octanol–water partition coefficient (Wildman–Crippen LogP) is 2.40. The van der Waals surface area contributed by atoms with Crippen LogP contribution in [0.3, 0.4) is 0 Å². The van der Waals surface area contributed by atoms with E-state index in [2.05, 4.69) is 16.0 Å². The van der Waals surface area contributed by atoms with Crippen molar-refractivity contribution in [1.29, 1.82) is 5.26 Å². The highest BCUT2D eigenvalue weighted by Gasteiger charge is 2.20. The maximum atomic E-state index is 8.92. The first-order chi connectivity index (χ1) is 6.47. The Labute approximate surface area is 84.8 Å². The van der Waals surface area contributed by atoms with Gasteiger partial charge in [-0.15, -0.1) is 0 Å². The second-order valence-electron chi connectivity index (χ2n) is 4.22. The van der Waals surface area contributed by atoms with Crippen molar-refractivity contribution in [3.05, 3.63) is 23.8 Å². The van der Waals surface area contributed by atoms with Crippen LogP contribution in [0.15, 0.2) is 12.4 Å². The summed E-state index contributed by atoms with van der Waals surface area (Å²) in [6.07, 6.45) is 3.48. The highest BCUT2D eigenvalue weighted by Crippen LogP contribution is 2.21. The Kier molecular flexibility index (Phi) is 2.85. The zero-order valence-corrected chi connectivity index (χ0v) is 9.07. The largest absolute Gasteiger partial charge is 0.241 e. The van der Waals surface area contributed by atoms with Crippen molar-refractivity contribution in [3.63, 3.8) is 0 Å². The van der Waals surface area contributed by atoms with Crippen LogP contribution in [0.4, 0.5) is 0 Å². The molecular weight excluding hydrogens is 174 g/mol. The van der Waals surface area contributed by atoms with Crippen molar-refractivity contribution in [2.45, 2.75) is 39.0 Å². The van der Waals surface area contributed by atoms with Gasteiger partial charge in [-0.05, 0) is 13.8 Å². The monoisotopic (exact) mass is 189 g/mol. The lowest BCUT2D eigenvalue weighted by atomic mass is 9.88. The molecule has 0 unspecified atom stereocenters. The van der Waals surface area contributed by atoms with E-state index in [4.69, 9.17) is 5.26 Å². The lowest BCUT2D eigenvalue weighted by Crippen LogP contribution is -2.15. The van der Waals surface area contributed by atoms with Crippen LogP contribution in [0.2, 0.25) is 0 Å². The summed E-state index contributed by atoms with van der Waals surface area (Å²) in [5.41, 5.74) is 0.361. The number of rotatable bonds is 2. The average Bonchev–Trinajstić information content (AvgIpc) is 2.18. The van der Waals surface area contributed by atoms with E-state index >= 15 is 0 Å². The molecule has 3 nitrogen and oxygen atoms in total. The molecule has 14 heavy (non-hydrogen) atoms. The molecule has 0 fully saturated rings. The average molecular weight is 189 g/mol. The number of hydrogen-bond acceptors (Lipinski definition) is 3. The van der Waals surface area contributed by atoms with Crippen LogP contribution >= 0.6 is 0 Å². The summed E-state index contributed by atoms with van der Waals surface area (Å²) in [4.78, 5) is 8.46. The molecule has 0 N–H and O–H groups in total. The Morgan fingerprint density at radius 2 is 1.79 bits per heavy atom. The zero-order valence-electron chi connectivity index (χ0n) is 9.07. The Hall–Kier alpha value is -1.43. The van der Waals surface area contributed by atoms with Gasteiger partial charge in [0.2, 0.25) is 0 Å². The summed E-state index contributed by atoms with van der Waals surface area (Å²) in [6, 6.07) is 2.23. The third kappa shape index (κ3) is 2.08. The minimum atomic E-state index is -0.504.